The lowest BCUT2D eigenvalue weighted by atomic mass is 10.1. The van der Waals surface area contributed by atoms with Gasteiger partial charge in [-0.25, -0.2) is 19.9 Å². The van der Waals surface area contributed by atoms with Crippen molar-refractivity contribution in [3.05, 3.63) is 127 Å². The quantitative estimate of drug-likeness (QED) is 0.228. The Morgan fingerprint density at radius 3 is 1.70 bits per heavy atom. The van der Waals surface area contributed by atoms with Crippen LogP contribution in [0.2, 0.25) is 0 Å². The van der Waals surface area contributed by atoms with Crippen molar-refractivity contribution in [2.24, 2.45) is 0 Å². The SMILES string of the molecule is c1ccc(-c2nc(-c3ccccc3)nc(-c3cccc4c3Sc3cccc5nc(-c6ccccc6)n-4c35)n2)cc1. The number of imidazole rings is 1. The predicted molar refractivity (Wildman–Crippen MR) is 160 cm³/mol. The molecule has 8 rings (SSSR count). The Balaban J connectivity index is 1.38. The molecule has 0 atom stereocenters. The molecule has 0 unspecified atom stereocenters. The molecule has 0 N–H and O–H groups in total. The molecular formula is C34H21N5S. The molecule has 7 aromatic rings. The fourth-order valence-electron chi connectivity index (χ4n) is 5.22. The van der Waals surface area contributed by atoms with Gasteiger partial charge in [-0.3, -0.25) is 4.57 Å². The van der Waals surface area contributed by atoms with Gasteiger partial charge in [0, 0.05) is 32.0 Å². The summed E-state index contributed by atoms with van der Waals surface area (Å²) in [6.45, 7) is 0. The van der Waals surface area contributed by atoms with Crippen molar-refractivity contribution >= 4 is 22.8 Å². The van der Waals surface area contributed by atoms with Gasteiger partial charge in [-0.1, -0.05) is 115 Å². The van der Waals surface area contributed by atoms with Gasteiger partial charge in [-0.15, -0.1) is 0 Å². The lowest BCUT2D eigenvalue weighted by molar-refractivity contribution is 1.02. The lowest BCUT2D eigenvalue weighted by Crippen LogP contribution is -2.06. The highest BCUT2D eigenvalue weighted by Crippen LogP contribution is 2.48. The summed E-state index contributed by atoms with van der Waals surface area (Å²) in [5.41, 5.74) is 7.13. The van der Waals surface area contributed by atoms with E-state index in [0.717, 1.165) is 54.6 Å². The minimum absolute atomic E-state index is 0.647. The number of aromatic nitrogens is 5. The molecule has 1 aliphatic heterocycles. The molecule has 0 radical (unpaired) electrons. The molecule has 0 saturated heterocycles. The predicted octanol–water partition coefficient (Wildman–Crippen LogP) is 8.34. The first-order valence-corrected chi connectivity index (χ1v) is 13.9. The molecule has 5 nitrogen and oxygen atoms in total. The highest BCUT2D eigenvalue weighted by molar-refractivity contribution is 8.00. The van der Waals surface area contributed by atoms with E-state index in [4.69, 9.17) is 19.9 Å². The Bertz CT molecular complexity index is 1960. The summed E-state index contributed by atoms with van der Waals surface area (Å²) in [5, 5.41) is 0. The van der Waals surface area contributed by atoms with Crippen LogP contribution in [-0.4, -0.2) is 24.5 Å². The molecule has 1 aliphatic rings. The van der Waals surface area contributed by atoms with Crippen LogP contribution in [0.4, 0.5) is 0 Å². The number of hydrogen-bond donors (Lipinski definition) is 0. The topological polar surface area (TPSA) is 56.5 Å². The van der Waals surface area contributed by atoms with E-state index in [9.17, 15) is 0 Å². The largest absolute Gasteiger partial charge is 0.290 e. The number of hydrogen-bond acceptors (Lipinski definition) is 5. The third kappa shape index (κ3) is 3.73. The van der Waals surface area contributed by atoms with Crippen molar-refractivity contribution in [3.63, 3.8) is 0 Å². The summed E-state index contributed by atoms with van der Waals surface area (Å²) in [6.07, 6.45) is 0. The van der Waals surface area contributed by atoms with Crippen molar-refractivity contribution in [1.29, 1.82) is 0 Å². The second-order valence-corrected chi connectivity index (χ2v) is 10.6. The van der Waals surface area contributed by atoms with Crippen molar-refractivity contribution in [2.45, 2.75) is 9.79 Å². The van der Waals surface area contributed by atoms with Crippen LogP contribution in [0.3, 0.4) is 0 Å². The number of rotatable bonds is 4. The number of para-hydroxylation sites is 1. The standard InChI is InChI=1S/C34H21N5S/c1-4-12-22(13-5-1)31-36-32(23-14-6-2-7-15-23)38-33(37-31)25-18-10-20-27-30(25)40-28-21-11-19-26-29(28)39(27)34(35-26)24-16-8-3-9-17-24/h1-21H. The van der Waals surface area contributed by atoms with Crippen LogP contribution >= 0.6 is 11.8 Å². The molecule has 0 bridgehead atoms. The van der Waals surface area contributed by atoms with E-state index in [0.29, 0.717) is 17.5 Å². The van der Waals surface area contributed by atoms with Gasteiger partial charge >= 0.3 is 0 Å². The molecular weight excluding hydrogens is 510 g/mol. The van der Waals surface area contributed by atoms with Crippen molar-refractivity contribution < 1.29 is 0 Å². The van der Waals surface area contributed by atoms with E-state index >= 15 is 0 Å². The summed E-state index contributed by atoms with van der Waals surface area (Å²) >= 11 is 1.75. The van der Waals surface area contributed by atoms with Crippen molar-refractivity contribution in [3.8, 4) is 51.2 Å². The van der Waals surface area contributed by atoms with E-state index in [2.05, 4.69) is 65.2 Å². The first kappa shape index (κ1) is 22.9. The maximum atomic E-state index is 5.07. The average molecular weight is 532 g/mol. The molecule has 40 heavy (non-hydrogen) atoms. The Morgan fingerprint density at radius 2 is 1.05 bits per heavy atom. The smallest absolute Gasteiger partial charge is 0.165 e. The Labute approximate surface area is 235 Å². The minimum atomic E-state index is 0.647. The monoisotopic (exact) mass is 531 g/mol. The summed E-state index contributed by atoms with van der Waals surface area (Å²) < 4.78 is 2.28. The van der Waals surface area contributed by atoms with Crippen LogP contribution in [0.25, 0.3) is 62.3 Å². The highest BCUT2D eigenvalue weighted by Gasteiger charge is 2.27. The Hall–Kier alpha value is -5.07. The Morgan fingerprint density at radius 1 is 0.475 bits per heavy atom. The van der Waals surface area contributed by atoms with Gasteiger partial charge in [-0.2, -0.15) is 0 Å². The van der Waals surface area contributed by atoms with E-state index in [1.165, 1.54) is 0 Å². The van der Waals surface area contributed by atoms with Crippen LogP contribution < -0.4 is 0 Å². The van der Waals surface area contributed by atoms with E-state index in [-0.39, 0.29) is 0 Å². The number of benzene rings is 5. The average Bonchev–Trinajstić information content (AvgIpc) is 3.43. The summed E-state index contributed by atoms with van der Waals surface area (Å²) in [6, 6.07) is 43.2. The fraction of sp³-hybridized carbons (Fsp3) is 0. The molecule has 3 heterocycles. The molecule has 0 fully saturated rings. The first-order valence-electron chi connectivity index (χ1n) is 13.1. The summed E-state index contributed by atoms with van der Waals surface area (Å²) in [5.74, 6) is 2.87. The van der Waals surface area contributed by atoms with E-state index in [1.807, 2.05) is 66.7 Å². The third-order valence-electron chi connectivity index (χ3n) is 7.06. The molecule has 0 saturated carbocycles. The second kappa shape index (κ2) is 9.29. The van der Waals surface area contributed by atoms with E-state index in [1.54, 1.807) is 11.8 Å². The van der Waals surface area contributed by atoms with Crippen molar-refractivity contribution in [2.75, 3.05) is 0 Å². The van der Waals surface area contributed by atoms with Gasteiger partial charge < -0.3 is 0 Å². The minimum Gasteiger partial charge on any atom is -0.290 e. The molecule has 0 amide bonds. The molecule has 0 spiro atoms. The zero-order valence-electron chi connectivity index (χ0n) is 21.3. The zero-order valence-corrected chi connectivity index (χ0v) is 22.1. The van der Waals surface area contributed by atoms with Crippen LogP contribution in [0.1, 0.15) is 0 Å². The van der Waals surface area contributed by atoms with Gasteiger partial charge in [0.25, 0.3) is 0 Å². The lowest BCUT2D eigenvalue weighted by Gasteiger charge is -2.22. The van der Waals surface area contributed by atoms with Crippen LogP contribution in [0.5, 0.6) is 0 Å². The second-order valence-electron chi connectivity index (χ2n) is 9.55. The zero-order chi connectivity index (χ0) is 26.5. The van der Waals surface area contributed by atoms with Crippen LogP contribution in [0.15, 0.2) is 137 Å². The molecule has 0 aliphatic carbocycles. The normalized spacial score (nSPS) is 11.9. The maximum Gasteiger partial charge on any atom is 0.165 e. The van der Waals surface area contributed by atoms with Crippen LogP contribution in [0, 0.1) is 0 Å². The van der Waals surface area contributed by atoms with Crippen LogP contribution in [-0.2, 0) is 0 Å². The highest BCUT2D eigenvalue weighted by atomic mass is 32.2. The van der Waals surface area contributed by atoms with Gasteiger partial charge in [0.1, 0.15) is 5.82 Å². The summed E-state index contributed by atoms with van der Waals surface area (Å²) in [4.78, 5) is 22.3. The third-order valence-corrected chi connectivity index (χ3v) is 8.24. The number of nitrogens with zero attached hydrogens (tertiary/aromatic N) is 5. The van der Waals surface area contributed by atoms with Gasteiger partial charge in [-0.05, 0) is 24.3 Å². The van der Waals surface area contributed by atoms with Crippen molar-refractivity contribution in [1.82, 2.24) is 24.5 Å². The summed E-state index contributed by atoms with van der Waals surface area (Å²) in [7, 11) is 0. The molecule has 188 valence electrons. The van der Waals surface area contributed by atoms with E-state index < -0.39 is 0 Å². The molecule has 5 aromatic carbocycles. The molecule has 2 aromatic heterocycles. The fourth-order valence-corrected chi connectivity index (χ4v) is 6.41. The Kier molecular flexibility index (Phi) is 5.31. The number of fused-ring (bicyclic) bond motifs is 2. The molecule has 6 heteroatoms. The maximum absolute atomic E-state index is 5.07. The van der Waals surface area contributed by atoms with Gasteiger partial charge in [0.05, 0.1) is 16.7 Å². The van der Waals surface area contributed by atoms with Gasteiger partial charge in [0.15, 0.2) is 17.5 Å². The van der Waals surface area contributed by atoms with Gasteiger partial charge in [0.2, 0.25) is 0 Å². The first-order chi connectivity index (χ1) is 19.8.